The van der Waals surface area contributed by atoms with Gasteiger partial charge in [-0.05, 0) is 32.0 Å². The van der Waals surface area contributed by atoms with Gasteiger partial charge in [0.05, 0.1) is 17.6 Å². The Kier molecular flexibility index (Phi) is 4.89. The van der Waals surface area contributed by atoms with Crippen molar-refractivity contribution in [3.63, 3.8) is 0 Å². The highest BCUT2D eigenvalue weighted by Crippen LogP contribution is 2.17. The fraction of sp³-hybridized carbons (Fsp3) is 0.316. The van der Waals surface area contributed by atoms with Crippen molar-refractivity contribution in [2.24, 2.45) is 0 Å². The minimum absolute atomic E-state index is 0.0769. The van der Waals surface area contributed by atoms with E-state index in [1.165, 1.54) is 15.5 Å². The normalized spacial score (nSPS) is 11.1. The van der Waals surface area contributed by atoms with Crippen molar-refractivity contribution in [1.29, 1.82) is 0 Å². The summed E-state index contributed by atoms with van der Waals surface area (Å²) in [6.45, 7) is 3.97. The van der Waals surface area contributed by atoms with Crippen LogP contribution in [0.2, 0.25) is 0 Å². The summed E-state index contributed by atoms with van der Waals surface area (Å²) in [6.07, 6.45) is 0. The smallest absolute Gasteiger partial charge is 0.339 e. The van der Waals surface area contributed by atoms with Gasteiger partial charge in [0.25, 0.3) is 0 Å². The Morgan fingerprint density at radius 3 is 2.37 bits per heavy atom. The number of amides is 1. The Balaban J connectivity index is 1.82. The van der Waals surface area contributed by atoms with Crippen LogP contribution in [0.3, 0.4) is 0 Å². The van der Waals surface area contributed by atoms with Crippen LogP contribution < -0.4 is 5.69 Å². The average molecular weight is 371 g/mol. The highest BCUT2D eigenvalue weighted by atomic mass is 16.4. The first-order chi connectivity index (χ1) is 12.8. The first-order valence-electron chi connectivity index (χ1n) is 8.58. The van der Waals surface area contributed by atoms with E-state index in [0.717, 1.165) is 5.52 Å². The fourth-order valence-electron chi connectivity index (χ4n) is 3.14. The molecule has 1 aromatic carbocycles. The number of furan rings is 1. The van der Waals surface area contributed by atoms with Gasteiger partial charge in [-0.3, -0.25) is 13.9 Å². The van der Waals surface area contributed by atoms with Crippen LogP contribution in [0.4, 0.5) is 0 Å². The third-order valence-electron chi connectivity index (χ3n) is 4.55. The lowest BCUT2D eigenvalue weighted by atomic mass is 10.2. The first kappa shape index (κ1) is 18.5. The maximum atomic E-state index is 12.6. The molecular formula is C19H21N3O5. The highest BCUT2D eigenvalue weighted by molar-refractivity contribution is 5.88. The van der Waals surface area contributed by atoms with Crippen molar-refractivity contribution in [3.05, 3.63) is 57.9 Å². The van der Waals surface area contributed by atoms with Gasteiger partial charge in [-0.1, -0.05) is 12.1 Å². The van der Waals surface area contributed by atoms with Crippen LogP contribution in [0.15, 0.2) is 39.5 Å². The third kappa shape index (κ3) is 3.38. The van der Waals surface area contributed by atoms with Crippen LogP contribution in [-0.4, -0.2) is 38.1 Å². The van der Waals surface area contributed by atoms with Crippen LogP contribution >= 0.6 is 0 Å². The number of nitrogens with zero attached hydrogens (tertiary/aromatic N) is 3. The van der Waals surface area contributed by atoms with E-state index in [0.29, 0.717) is 23.6 Å². The lowest BCUT2D eigenvalue weighted by molar-refractivity contribution is -0.131. The van der Waals surface area contributed by atoms with E-state index in [1.807, 2.05) is 31.2 Å². The summed E-state index contributed by atoms with van der Waals surface area (Å²) in [5.74, 6) is -0.679. The molecule has 0 radical (unpaired) electrons. The minimum atomic E-state index is -1.07. The zero-order chi connectivity index (χ0) is 19.7. The second-order valence-corrected chi connectivity index (χ2v) is 6.34. The Labute approximate surface area is 155 Å². The van der Waals surface area contributed by atoms with E-state index in [4.69, 9.17) is 9.52 Å². The Morgan fingerprint density at radius 2 is 1.81 bits per heavy atom. The van der Waals surface area contributed by atoms with E-state index in [-0.39, 0.29) is 30.2 Å². The van der Waals surface area contributed by atoms with Gasteiger partial charge in [-0.25, -0.2) is 9.59 Å². The molecule has 0 aliphatic carbocycles. The largest absolute Gasteiger partial charge is 0.478 e. The number of benzene rings is 1. The van der Waals surface area contributed by atoms with Crippen molar-refractivity contribution in [2.75, 3.05) is 7.05 Å². The van der Waals surface area contributed by atoms with Gasteiger partial charge >= 0.3 is 11.7 Å². The van der Waals surface area contributed by atoms with Gasteiger partial charge in [-0.2, -0.15) is 0 Å². The van der Waals surface area contributed by atoms with Crippen molar-refractivity contribution in [3.8, 4) is 0 Å². The molecule has 0 fully saturated rings. The van der Waals surface area contributed by atoms with Gasteiger partial charge in [0.15, 0.2) is 0 Å². The van der Waals surface area contributed by atoms with Gasteiger partial charge < -0.3 is 14.4 Å². The van der Waals surface area contributed by atoms with Gasteiger partial charge in [0, 0.05) is 13.6 Å². The predicted molar refractivity (Wildman–Crippen MR) is 98.8 cm³/mol. The molecule has 27 heavy (non-hydrogen) atoms. The van der Waals surface area contributed by atoms with Crippen LogP contribution in [0.1, 0.15) is 28.8 Å². The number of hydrogen-bond acceptors (Lipinski definition) is 4. The molecule has 1 amide bonds. The monoisotopic (exact) mass is 371 g/mol. The van der Waals surface area contributed by atoms with E-state index in [9.17, 15) is 14.4 Å². The van der Waals surface area contributed by atoms with Crippen LogP contribution in [-0.2, 0) is 24.4 Å². The summed E-state index contributed by atoms with van der Waals surface area (Å²) in [7, 11) is 1.59. The number of carboxylic acids is 1. The Bertz CT molecular complexity index is 1070. The van der Waals surface area contributed by atoms with Gasteiger partial charge in [0.1, 0.15) is 23.6 Å². The first-order valence-corrected chi connectivity index (χ1v) is 8.58. The van der Waals surface area contributed by atoms with Crippen LogP contribution in [0, 0.1) is 6.92 Å². The third-order valence-corrected chi connectivity index (χ3v) is 4.55. The number of likely N-dealkylation sites (N-methyl/N-ethyl adjacent to an activating group) is 1. The molecule has 1 N–H and O–H groups in total. The second kappa shape index (κ2) is 7.14. The summed E-state index contributed by atoms with van der Waals surface area (Å²) in [5.41, 5.74) is 1.33. The summed E-state index contributed by atoms with van der Waals surface area (Å²) in [6, 6.07) is 8.75. The van der Waals surface area contributed by atoms with Crippen molar-refractivity contribution >= 4 is 22.9 Å². The minimum Gasteiger partial charge on any atom is -0.478 e. The molecule has 0 saturated carbocycles. The number of fused-ring (bicyclic) bond motifs is 1. The zero-order valence-electron chi connectivity index (χ0n) is 15.4. The average Bonchev–Trinajstić information content (AvgIpc) is 3.12. The topological polar surface area (TPSA) is 97.7 Å². The van der Waals surface area contributed by atoms with E-state index >= 15 is 0 Å². The van der Waals surface area contributed by atoms with E-state index < -0.39 is 5.97 Å². The number of rotatable bonds is 6. The fourth-order valence-corrected chi connectivity index (χ4v) is 3.14. The van der Waals surface area contributed by atoms with Gasteiger partial charge in [-0.15, -0.1) is 0 Å². The molecule has 8 nitrogen and oxygen atoms in total. The molecule has 0 spiro atoms. The lowest BCUT2D eigenvalue weighted by Crippen LogP contribution is -2.34. The molecule has 0 aliphatic rings. The van der Waals surface area contributed by atoms with Gasteiger partial charge in [0.2, 0.25) is 5.91 Å². The summed E-state index contributed by atoms with van der Waals surface area (Å²) >= 11 is 0. The SMILES string of the molecule is CCn1c(=O)n(CC(=O)N(C)Cc2cc(C(=O)O)c(C)o2)c2ccccc21. The highest BCUT2D eigenvalue weighted by Gasteiger charge is 2.19. The number of aromatic carboxylic acids is 1. The standard InChI is InChI=1S/C19H21N3O5/c1-4-21-15-7-5-6-8-16(15)22(19(21)26)11-17(23)20(3)10-13-9-14(18(24)25)12(2)27-13/h5-9H,4,10-11H2,1-3H3,(H,24,25). The van der Waals surface area contributed by atoms with Crippen LogP contribution in [0.25, 0.3) is 11.0 Å². The summed E-state index contributed by atoms with van der Waals surface area (Å²) < 4.78 is 8.49. The molecule has 142 valence electrons. The Morgan fingerprint density at radius 1 is 1.19 bits per heavy atom. The Hall–Kier alpha value is -3.29. The molecule has 8 heteroatoms. The van der Waals surface area contributed by atoms with E-state index in [1.54, 1.807) is 18.5 Å². The van der Waals surface area contributed by atoms with E-state index in [2.05, 4.69) is 0 Å². The second-order valence-electron chi connectivity index (χ2n) is 6.34. The summed E-state index contributed by atoms with van der Waals surface area (Å²) in [5, 5.41) is 9.09. The van der Waals surface area contributed by atoms with Crippen LogP contribution in [0.5, 0.6) is 0 Å². The zero-order valence-corrected chi connectivity index (χ0v) is 15.4. The molecule has 3 rings (SSSR count). The summed E-state index contributed by atoms with van der Waals surface area (Å²) in [4.78, 5) is 37.8. The number of carbonyl (C=O) groups is 2. The molecule has 0 aliphatic heterocycles. The molecule has 0 unspecified atom stereocenters. The molecule has 2 heterocycles. The molecule has 3 aromatic rings. The molecular weight excluding hydrogens is 350 g/mol. The predicted octanol–water partition coefficient (Wildman–Crippen LogP) is 2.08. The number of aromatic nitrogens is 2. The lowest BCUT2D eigenvalue weighted by Gasteiger charge is -2.16. The maximum Gasteiger partial charge on any atom is 0.339 e. The molecule has 0 atom stereocenters. The number of carboxylic acid groups (broad SMARTS) is 1. The number of imidazole rings is 1. The number of para-hydroxylation sites is 2. The van der Waals surface area contributed by atoms with Crippen molar-refractivity contribution in [2.45, 2.75) is 33.5 Å². The number of carbonyl (C=O) groups excluding carboxylic acids is 1. The molecule has 0 bridgehead atoms. The number of aryl methyl sites for hydroxylation is 2. The molecule has 0 saturated heterocycles. The number of hydrogen-bond donors (Lipinski definition) is 1. The van der Waals surface area contributed by atoms with Crippen molar-refractivity contribution < 1.29 is 19.1 Å². The maximum absolute atomic E-state index is 12.6. The van der Waals surface area contributed by atoms with Crippen molar-refractivity contribution in [1.82, 2.24) is 14.0 Å². The quantitative estimate of drug-likeness (QED) is 0.715. The molecule has 2 aromatic heterocycles.